The Kier molecular flexibility index (Phi) is 7.77. The number of halogens is 2. The normalized spacial score (nSPS) is 24.8. The molecule has 11 nitrogen and oxygen atoms in total. The van der Waals surface area contributed by atoms with Crippen molar-refractivity contribution in [3.63, 3.8) is 0 Å². The van der Waals surface area contributed by atoms with Gasteiger partial charge in [-0.05, 0) is 56.6 Å². The first-order valence-corrected chi connectivity index (χ1v) is 14.0. The van der Waals surface area contributed by atoms with Gasteiger partial charge in [0.1, 0.15) is 34.5 Å². The molecule has 0 aromatic heterocycles. The minimum absolute atomic E-state index is 0.0308. The zero-order valence-corrected chi connectivity index (χ0v) is 24.6. The molecule has 0 aliphatic heterocycles. The summed E-state index contributed by atoms with van der Waals surface area (Å²) in [6.07, 6.45) is 0.0979. The fraction of sp³-hybridized carbons (Fsp3) is 0.387. The van der Waals surface area contributed by atoms with Crippen LogP contribution in [0.15, 0.2) is 41.2 Å². The van der Waals surface area contributed by atoms with Crippen LogP contribution in [0.5, 0.6) is 5.75 Å². The Morgan fingerprint density at radius 3 is 2.30 bits per heavy atom. The molecule has 4 atom stereocenters. The lowest BCUT2D eigenvalue weighted by atomic mass is 9.57. The second kappa shape index (κ2) is 11.0. The highest BCUT2D eigenvalue weighted by Crippen LogP contribution is 2.54. The molecule has 0 saturated heterocycles. The molecule has 13 heteroatoms. The lowest BCUT2D eigenvalue weighted by Gasteiger charge is -2.50. The molecule has 2 aromatic rings. The molecule has 0 spiro atoms. The van der Waals surface area contributed by atoms with Gasteiger partial charge in [0.15, 0.2) is 11.4 Å². The smallest absolute Gasteiger partial charge is 0.255 e. The van der Waals surface area contributed by atoms with Crippen molar-refractivity contribution in [2.24, 2.45) is 17.6 Å². The maximum atomic E-state index is 14.1. The SMILES string of the molecule is CN(C)c1cc(CNCc2c(F)cccc2F)c(O)c2c1C[C@H]1C[C@H]3[C@H](N(C)C)C(=O)C(C(N)=O)=C(O)[C@@]3(O)C(=O)C1=C2O. The molecule has 3 aliphatic rings. The van der Waals surface area contributed by atoms with Crippen LogP contribution < -0.4 is 16.0 Å². The van der Waals surface area contributed by atoms with Crippen LogP contribution in [0.3, 0.4) is 0 Å². The van der Waals surface area contributed by atoms with Crippen LogP contribution in [0.25, 0.3) is 5.76 Å². The van der Waals surface area contributed by atoms with Crippen LogP contribution in [0.4, 0.5) is 14.5 Å². The molecule has 234 valence electrons. The van der Waals surface area contributed by atoms with Crippen molar-refractivity contribution in [3.8, 4) is 5.75 Å². The number of likely N-dealkylation sites (N-methyl/N-ethyl adjacent to an activating group) is 1. The van der Waals surface area contributed by atoms with E-state index in [1.807, 2.05) is 0 Å². The highest BCUT2D eigenvalue weighted by atomic mass is 19.1. The largest absolute Gasteiger partial charge is 0.508 e. The quantitative estimate of drug-likeness (QED) is 0.252. The zero-order valence-electron chi connectivity index (χ0n) is 24.6. The third-order valence-corrected chi connectivity index (χ3v) is 8.94. The molecule has 1 fully saturated rings. The Balaban J connectivity index is 1.62. The van der Waals surface area contributed by atoms with Gasteiger partial charge >= 0.3 is 0 Å². The number of aliphatic hydroxyl groups excluding tert-OH is 2. The number of rotatable bonds is 7. The molecule has 0 heterocycles. The van der Waals surface area contributed by atoms with Crippen LogP contribution in [-0.4, -0.2) is 82.6 Å². The number of aromatic hydroxyl groups is 1. The van der Waals surface area contributed by atoms with Gasteiger partial charge in [-0.1, -0.05) is 6.07 Å². The van der Waals surface area contributed by atoms with E-state index in [1.165, 1.54) is 25.1 Å². The second-order valence-corrected chi connectivity index (χ2v) is 11.9. The molecule has 1 amide bonds. The van der Waals surface area contributed by atoms with E-state index in [0.717, 1.165) is 12.1 Å². The third-order valence-electron chi connectivity index (χ3n) is 8.94. The number of anilines is 1. The average molecular weight is 613 g/mol. The summed E-state index contributed by atoms with van der Waals surface area (Å²) in [5.74, 6) is -8.79. The Labute approximate surface area is 251 Å². The number of hydrogen-bond acceptors (Lipinski definition) is 10. The lowest BCUT2D eigenvalue weighted by molar-refractivity contribution is -0.153. The van der Waals surface area contributed by atoms with Gasteiger partial charge in [-0.3, -0.25) is 19.3 Å². The highest BCUT2D eigenvalue weighted by molar-refractivity contribution is 6.24. The van der Waals surface area contributed by atoms with Crippen molar-refractivity contribution in [1.29, 1.82) is 0 Å². The molecule has 0 unspecified atom stereocenters. The maximum Gasteiger partial charge on any atom is 0.255 e. The number of ketones is 2. The molecular weight excluding hydrogens is 578 g/mol. The van der Waals surface area contributed by atoms with Crippen LogP contribution in [-0.2, 0) is 33.9 Å². The van der Waals surface area contributed by atoms with Gasteiger partial charge in [-0.25, -0.2) is 8.78 Å². The summed E-state index contributed by atoms with van der Waals surface area (Å²) in [7, 11) is 6.56. The predicted molar refractivity (Wildman–Crippen MR) is 155 cm³/mol. The van der Waals surface area contributed by atoms with E-state index in [0.29, 0.717) is 11.3 Å². The number of amides is 1. The Morgan fingerprint density at radius 2 is 1.73 bits per heavy atom. The molecule has 5 rings (SSSR count). The molecule has 3 aliphatic carbocycles. The zero-order chi connectivity index (χ0) is 32.4. The van der Waals surface area contributed by atoms with E-state index in [9.17, 15) is 43.6 Å². The number of carbonyl (C=O) groups excluding carboxylic acids is 3. The summed E-state index contributed by atoms with van der Waals surface area (Å²) in [5.41, 5.74) is 2.56. The summed E-state index contributed by atoms with van der Waals surface area (Å²) in [6, 6.07) is 3.99. The number of primary amides is 1. The van der Waals surface area contributed by atoms with Crippen molar-refractivity contribution in [2.75, 3.05) is 33.1 Å². The number of nitrogens with one attached hydrogen (secondary N) is 1. The first kappa shape index (κ1) is 31.1. The fourth-order valence-electron chi connectivity index (χ4n) is 6.90. The molecule has 7 N–H and O–H groups in total. The predicted octanol–water partition coefficient (Wildman–Crippen LogP) is 1.60. The number of nitrogens with two attached hydrogens (primary N) is 1. The van der Waals surface area contributed by atoms with Gasteiger partial charge in [0.2, 0.25) is 5.78 Å². The summed E-state index contributed by atoms with van der Waals surface area (Å²) in [6.45, 7) is -0.272. The number of phenols is 1. The number of phenolic OH excluding ortho intramolecular Hbond substituents is 1. The summed E-state index contributed by atoms with van der Waals surface area (Å²) in [5, 5.41) is 48.6. The van der Waals surface area contributed by atoms with Gasteiger partial charge in [0, 0.05) is 55.5 Å². The Hall–Kier alpha value is -4.33. The second-order valence-electron chi connectivity index (χ2n) is 11.9. The van der Waals surface area contributed by atoms with Crippen molar-refractivity contribution in [2.45, 2.75) is 37.6 Å². The Morgan fingerprint density at radius 1 is 1.09 bits per heavy atom. The monoisotopic (exact) mass is 612 g/mol. The topological polar surface area (TPSA) is 177 Å². The maximum absolute atomic E-state index is 14.1. The van der Waals surface area contributed by atoms with Crippen LogP contribution >= 0.6 is 0 Å². The first-order chi connectivity index (χ1) is 20.6. The summed E-state index contributed by atoms with van der Waals surface area (Å²) < 4.78 is 28.3. The molecule has 1 saturated carbocycles. The van der Waals surface area contributed by atoms with Crippen molar-refractivity contribution in [3.05, 3.63) is 75.1 Å². The standard InChI is InChI=1S/C31H34F2N4O7/c1-36(2)20-10-14(11-35-12-16-18(32)6-5-7-19(16)33)25(38)22-15(20)8-13-9-17-24(37(3)4)27(40)23(30(34)43)29(42)31(17,44)28(41)21(13)26(22)39/h5-7,10,13,17,24,35,38-39,42,44H,8-9,11-12H2,1-4H3,(H2,34,43)/t13-,17-,24-,31-/m0/s1. The Bertz CT molecular complexity index is 1650. The lowest BCUT2D eigenvalue weighted by Crippen LogP contribution is -2.65. The molecule has 0 bridgehead atoms. The number of nitrogens with zero attached hydrogens (tertiary/aromatic N) is 2. The van der Waals surface area contributed by atoms with E-state index >= 15 is 0 Å². The van der Waals surface area contributed by atoms with Gasteiger partial charge < -0.3 is 36.4 Å². The molecule has 2 aromatic carbocycles. The van der Waals surface area contributed by atoms with E-state index in [2.05, 4.69) is 5.32 Å². The molecule has 0 radical (unpaired) electrons. The number of fused-ring (bicyclic) bond motifs is 3. The molecule has 44 heavy (non-hydrogen) atoms. The minimum atomic E-state index is -2.74. The van der Waals surface area contributed by atoms with E-state index in [1.54, 1.807) is 25.1 Å². The van der Waals surface area contributed by atoms with E-state index in [-0.39, 0.29) is 53.9 Å². The van der Waals surface area contributed by atoms with E-state index < -0.39 is 69.7 Å². The van der Waals surface area contributed by atoms with E-state index in [4.69, 9.17) is 5.73 Å². The summed E-state index contributed by atoms with van der Waals surface area (Å²) >= 11 is 0. The average Bonchev–Trinajstić information content (AvgIpc) is 2.92. The first-order valence-electron chi connectivity index (χ1n) is 14.0. The van der Waals surface area contributed by atoms with Crippen molar-refractivity contribution >= 4 is 28.9 Å². The summed E-state index contributed by atoms with van der Waals surface area (Å²) in [4.78, 5) is 42.7. The van der Waals surface area contributed by atoms with Gasteiger partial charge in [0.05, 0.1) is 11.6 Å². The number of hydrogen-bond donors (Lipinski definition) is 6. The van der Waals surface area contributed by atoms with Crippen LogP contribution in [0.2, 0.25) is 0 Å². The van der Waals surface area contributed by atoms with Gasteiger partial charge in [-0.2, -0.15) is 0 Å². The third kappa shape index (κ3) is 4.54. The van der Waals surface area contributed by atoms with Crippen molar-refractivity contribution in [1.82, 2.24) is 10.2 Å². The van der Waals surface area contributed by atoms with Crippen LogP contribution in [0.1, 0.15) is 28.7 Å². The highest BCUT2D eigenvalue weighted by Gasteiger charge is 2.64. The number of aliphatic hydroxyl groups is 3. The minimum Gasteiger partial charge on any atom is -0.508 e. The van der Waals surface area contributed by atoms with Gasteiger partial charge in [0.25, 0.3) is 5.91 Å². The fourth-order valence-corrected chi connectivity index (χ4v) is 6.90. The number of carbonyl (C=O) groups is 3. The molecular formula is C31H34F2N4O7. The van der Waals surface area contributed by atoms with Crippen LogP contribution in [0, 0.1) is 23.5 Å². The van der Waals surface area contributed by atoms with Gasteiger partial charge in [-0.15, -0.1) is 0 Å². The van der Waals surface area contributed by atoms with Crippen molar-refractivity contribution < 1.29 is 43.6 Å². The number of Topliss-reactive ketones (excluding diaryl/α,β-unsaturated/α-hetero) is 2. The number of benzene rings is 2.